The first-order valence-corrected chi connectivity index (χ1v) is 8.97. The maximum atomic E-state index is 4.65. The molecule has 0 spiro atoms. The summed E-state index contributed by atoms with van der Waals surface area (Å²) in [5, 5.41) is 2.48. The molecule has 0 bridgehead atoms. The van der Waals surface area contributed by atoms with Crippen molar-refractivity contribution in [3.8, 4) is 5.69 Å². The molecule has 4 rings (SSSR count). The Morgan fingerprint density at radius 2 is 1.72 bits per heavy atom. The molecule has 0 aliphatic carbocycles. The van der Waals surface area contributed by atoms with E-state index in [1.165, 1.54) is 16.3 Å². The minimum Gasteiger partial charge on any atom is -0.316 e. The average Bonchev–Trinajstić information content (AvgIpc) is 3.09. The van der Waals surface area contributed by atoms with Gasteiger partial charge in [-0.15, -0.1) is 0 Å². The molecule has 0 radical (unpaired) electrons. The predicted octanol–water partition coefficient (Wildman–Crippen LogP) is 6.45. The van der Waals surface area contributed by atoms with Gasteiger partial charge >= 0.3 is 0 Å². The van der Waals surface area contributed by atoms with Crippen LogP contribution in [-0.4, -0.2) is 10.8 Å². The second kappa shape index (κ2) is 6.69. The van der Waals surface area contributed by atoms with Crippen molar-refractivity contribution >= 4 is 38.6 Å². The van der Waals surface area contributed by atoms with E-state index >= 15 is 0 Å². The van der Waals surface area contributed by atoms with Crippen molar-refractivity contribution in [1.29, 1.82) is 0 Å². The summed E-state index contributed by atoms with van der Waals surface area (Å²) >= 11 is 3.58. The molecule has 2 nitrogen and oxygen atoms in total. The van der Waals surface area contributed by atoms with Crippen LogP contribution in [0.5, 0.6) is 0 Å². The molecule has 25 heavy (non-hydrogen) atoms. The van der Waals surface area contributed by atoms with Crippen LogP contribution in [0.3, 0.4) is 0 Å². The van der Waals surface area contributed by atoms with E-state index in [0.29, 0.717) is 0 Å². The van der Waals surface area contributed by atoms with Gasteiger partial charge in [-0.1, -0.05) is 36.4 Å². The summed E-state index contributed by atoms with van der Waals surface area (Å²) in [6, 6.07) is 25.2. The van der Waals surface area contributed by atoms with Crippen LogP contribution in [0.4, 0.5) is 5.69 Å². The van der Waals surface area contributed by atoms with Gasteiger partial charge in [0.1, 0.15) is 0 Å². The van der Waals surface area contributed by atoms with Crippen LogP contribution in [0.15, 0.2) is 88.5 Å². The van der Waals surface area contributed by atoms with Gasteiger partial charge in [0.2, 0.25) is 0 Å². The Morgan fingerprint density at radius 1 is 0.880 bits per heavy atom. The Bertz CT molecular complexity index is 1080. The van der Waals surface area contributed by atoms with Gasteiger partial charge < -0.3 is 4.57 Å². The summed E-state index contributed by atoms with van der Waals surface area (Å²) in [6.45, 7) is 2.07. The molecule has 0 atom stereocenters. The van der Waals surface area contributed by atoms with E-state index in [0.717, 1.165) is 21.5 Å². The van der Waals surface area contributed by atoms with Crippen LogP contribution in [0.1, 0.15) is 11.3 Å². The first-order valence-electron chi connectivity index (χ1n) is 8.17. The SMILES string of the molecule is Cc1ccc(N=Cc2cccn2-c2ccc3ccccc3c2)c(Br)c1. The van der Waals surface area contributed by atoms with Gasteiger partial charge in [-0.25, -0.2) is 0 Å². The number of halogens is 1. The fourth-order valence-corrected chi connectivity index (χ4v) is 3.51. The standard InChI is InChI=1S/C22H17BrN2/c1-16-8-11-22(21(23)13-16)24-15-20-7-4-12-25(20)19-10-9-17-5-2-3-6-18(17)14-19/h2-15H,1H3. The maximum absolute atomic E-state index is 4.65. The van der Waals surface area contributed by atoms with Gasteiger partial charge in [-0.2, -0.15) is 0 Å². The van der Waals surface area contributed by atoms with Gasteiger partial charge in [-0.05, 0) is 75.6 Å². The number of aliphatic imine (C=N–C) groups is 1. The van der Waals surface area contributed by atoms with Crippen molar-refractivity contribution in [3.63, 3.8) is 0 Å². The van der Waals surface area contributed by atoms with Gasteiger partial charge in [-0.3, -0.25) is 4.99 Å². The lowest BCUT2D eigenvalue weighted by atomic mass is 10.1. The molecule has 1 heterocycles. The zero-order chi connectivity index (χ0) is 17.2. The number of fused-ring (bicyclic) bond motifs is 1. The number of hydrogen-bond donors (Lipinski definition) is 0. The fraction of sp³-hybridized carbons (Fsp3) is 0.0455. The number of rotatable bonds is 3. The van der Waals surface area contributed by atoms with E-state index in [1.807, 2.05) is 18.3 Å². The second-order valence-electron chi connectivity index (χ2n) is 6.05. The van der Waals surface area contributed by atoms with Gasteiger partial charge in [0.25, 0.3) is 0 Å². The Labute approximate surface area is 155 Å². The van der Waals surface area contributed by atoms with E-state index in [9.17, 15) is 0 Å². The Morgan fingerprint density at radius 3 is 2.56 bits per heavy atom. The van der Waals surface area contributed by atoms with Crippen molar-refractivity contribution in [2.75, 3.05) is 0 Å². The second-order valence-corrected chi connectivity index (χ2v) is 6.90. The largest absolute Gasteiger partial charge is 0.316 e. The van der Waals surface area contributed by atoms with Crippen molar-refractivity contribution in [2.24, 2.45) is 4.99 Å². The zero-order valence-electron chi connectivity index (χ0n) is 13.9. The normalized spacial score (nSPS) is 11.4. The molecular weight excluding hydrogens is 372 g/mol. The van der Waals surface area contributed by atoms with E-state index < -0.39 is 0 Å². The minimum absolute atomic E-state index is 0.928. The molecule has 4 aromatic rings. The number of benzene rings is 3. The fourth-order valence-electron chi connectivity index (χ4n) is 2.91. The van der Waals surface area contributed by atoms with E-state index in [2.05, 4.69) is 99.3 Å². The summed E-state index contributed by atoms with van der Waals surface area (Å²) in [7, 11) is 0. The molecule has 3 heteroatoms. The molecular formula is C22H17BrN2. The monoisotopic (exact) mass is 388 g/mol. The smallest absolute Gasteiger partial charge is 0.0772 e. The van der Waals surface area contributed by atoms with Crippen LogP contribution in [-0.2, 0) is 0 Å². The third kappa shape index (κ3) is 3.28. The third-order valence-corrected chi connectivity index (χ3v) is 4.87. The highest BCUT2D eigenvalue weighted by molar-refractivity contribution is 9.10. The molecule has 0 fully saturated rings. The first kappa shape index (κ1) is 15.9. The molecule has 122 valence electrons. The lowest BCUT2D eigenvalue weighted by Gasteiger charge is -2.08. The molecule has 0 aliphatic heterocycles. The van der Waals surface area contributed by atoms with Crippen LogP contribution < -0.4 is 0 Å². The van der Waals surface area contributed by atoms with Crippen molar-refractivity contribution in [1.82, 2.24) is 4.57 Å². The highest BCUT2D eigenvalue weighted by Gasteiger charge is 2.03. The summed E-state index contributed by atoms with van der Waals surface area (Å²) in [5.41, 5.74) is 4.32. The molecule has 0 amide bonds. The lowest BCUT2D eigenvalue weighted by Crippen LogP contribution is -1.97. The number of aryl methyl sites for hydroxylation is 1. The zero-order valence-corrected chi connectivity index (χ0v) is 15.4. The number of nitrogens with zero attached hydrogens (tertiary/aromatic N) is 2. The van der Waals surface area contributed by atoms with E-state index in [4.69, 9.17) is 0 Å². The Balaban J connectivity index is 1.71. The summed E-state index contributed by atoms with van der Waals surface area (Å²) in [6.07, 6.45) is 3.97. The molecule has 0 saturated heterocycles. The summed E-state index contributed by atoms with van der Waals surface area (Å²) in [5.74, 6) is 0. The quantitative estimate of drug-likeness (QED) is 0.358. The Kier molecular flexibility index (Phi) is 4.24. The highest BCUT2D eigenvalue weighted by Crippen LogP contribution is 2.26. The van der Waals surface area contributed by atoms with Gasteiger partial charge in [0.05, 0.1) is 17.6 Å². The van der Waals surface area contributed by atoms with Crippen LogP contribution in [0, 0.1) is 6.92 Å². The molecule has 0 aliphatic rings. The molecule has 0 unspecified atom stereocenters. The molecule has 0 saturated carbocycles. The topological polar surface area (TPSA) is 17.3 Å². The van der Waals surface area contributed by atoms with E-state index in [-0.39, 0.29) is 0 Å². The van der Waals surface area contributed by atoms with Gasteiger partial charge in [0.15, 0.2) is 0 Å². The van der Waals surface area contributed by atoms with Crippen LogP contribution >= 0.6 is 15.9 Å². The van der Waals surface area contributed by atoms with Crippen LogP contribution in [0.25, 0.3) is 16.5 Å². The predicted molar refractivity (Wildman–Crippen MR) is 109 cm³/mol. The third-order valence-electron chi connectivity index (χ3n) is 4.23. The number of hydrogen-bond acceptors (Lipinski definition) is 1. The van der Waals surface area contributed by atoms with Crippen molar-refractivity contribution < 1.29 is 0 Å². The minimum atomic E-state index is 0.928. The van der Waals surface area contributed by atoms with Crippen molar-refractivity contribution in [2.45, 2.75) is 6.92 Å². The molecule has 3 aromatic carbocycles. The molecule has 0 N–H and O–H groups in total. The lowest BCUT2D eigenvalue weighted by molar-refractivity contribution is 1.07. The van der Waals surface area contributed by atoms with Crippen LogP contribution in [0.2, 0.25) is 0 Å². The van der Waals surface area contributed by atoms with Crippen molar-refractivity contribution in [3.05, 3.63) is 94.7 Å². The summed E-state index contributed by atoms with van der Waals surface area (Å²) < 4.78 is 3.16. The average molecular weight is 389 g/mol. The Hall–Kier alpha value is -2.65. The first-order chi connectivity index (χ1) is 12.2. The number of aromatic nitrogens is 1. The van der Waals surface area contributed by atoms with E-state index in [1.54, 1.807) is 0 Å². The molecule has 1 aromatic heterocycles. The highest BCUT2D eigenvalue weighted by atomic mass is 79.9. The van der Waals surface area contributed by atoms with Gasteiger partial charge in [0, 0.05) is 16.4 Å². The summed E-state index contributed by atoms with van der Waals surface area (Å²) in [4.78, 5) is 4.65. The maximum Gasteiger partial charge on any atom is 0.0772 e.